The quantitative estimate of drug-likeness (QED) is 0.869. The average molecular weight is 310 g/mol. The van der Waals surface area contributed by atoms with E-state index in [9.17, 15) is 18.0 Å². The molecular weight excluding hydrogens is 297 g/mol. The molecule has 3 rings (SSSR count). The molecule has 0 atom stereocenters. The summed E-state index contributed by atoms with van der Waals surface area (Å²) in [7, 11) is 0. The van der Waals surface area contributed by atoms with Gasteiger partial charge in [0.15, 0.2) is 0 Å². The van der Waals surface area contributed by atoms with E-state index in [1.807, 2.05) is 0 Å². The number of halogens is 3. The molecule has 0 radical (unpaired) electrons. The molecule has 0 bridgehead atoms. The largest absolute Gasteiger partial charge is 0.395 e. The molecule has 2 aromatic rings. The lowest BCUT2D eigenvalue weighted by atomic mass is 9.98. The second-order valence-electron chi connectivity index (χ2n) is 5.25. The van der Waals surface area contributed by atoms with Crippen LogP contribution in [0.15, 0.2) is 36.9 Å². The topological polar surface area (TPSA) is 51.0 Å². The van der Waals surface area contributed by atoms with E-state index >= 15 is 0 Å². The molecule has 1 saturated heterocycles. The fraction of sp³-hybridized carbons (Fsp3) is 0.357. The number of nitrogens with zero attached hydrogens (tertiary/aromatic N) is 4. The molecule has 0 spiro atoms. The first-order valence-corrected chi connectivity index (χ1v) is 6.72. The molecule has 5 nitrogen and oxygen atoms in total. The van der Waals surface area contributed by atoms with Crippen molar-refractivity contribution in [2.24, 2.45) is 5.92 Å². The standard InChI is InChI=1S/C14H13F3N4O/c15-14(16,17)11-6-20(7-11)13(22)5-10-1-3-12(4-2-10)21-8-18-19-9-21/h1-4,8-9,11H,5-7H2. The van der Waals surface area contributed by atoms with Crippen LogP contribution in [-0.4, -0.2) is 44.8 Å². The predicted octanol–water partition coefficient (Wildman–Crippen LogP) is 1.83. The number of hydrogen-bond donors (Lipinski definition) is 0. The maximum absolute atomic E-state index is 12.4. The summed E-state index contributed by atoms with van der Waals surface area (Å²) in [6.07, 6.45) is -1.00. The average Bonchev–Trinajstić information content (AvgIpc) is 2.89. The van der Waals surface area contributed by atoms with Crippen LogP contribution < -0.4 is 0 Å². The van der Waals surface area contributed by atoms with Crippen molar-refractivity contribution in [3.8, 4) is 5.69 Å². The third-order valence-electron chi connectivity index (χ3n) is 3.71. The first-order chi connectivity index (χ1) is 10.4. The van der Waals surface area contributed by atoms with Crippen molar-refractivity contribution in [3.63, 3.8) is 0 Å². The van der Waals surface area contributed by atoms with Gasteiger partial charge in [-0.15, -0.1) is 10.2 Å². The monoisotopic (exact) mass is 310 g/mol. The van der Waals surface area contributed by atoms with E-state index in [1.54, 1.807) is 41.5 Å². The number of aromatic nitrogens is 3. The van der Waals surface area contributed by atoms with Crippen LogP contribution in [0.5, 0.6) is 0 Å². The van der Waals surface area contributed by atoms with Crippen LogP contribution in [0, 0.1) is 5.92 Å². The number of hydrogen-bond acceptors (Lipinski definition) is 3. The minimum atomic E-state index is -4.21. The Hall–Kier alpha value is -2.38. The van der Waals surface area contributed by atoms with Crippen molar-refractivity contribution in [2.45, 2.75) is 12.6 Å². The van der Waals surface area contributed by atoms with E-state index in [2.05, 4.69) is 10.2 Å². The Morgan fingerprint density at radius 3 is 2.27 bits per heavy atom. The highest BCUT2D eigenvalue weighted by Crippen LogP contribution is 2.33. The molecule has 1 aromatic carbocycles. The molecule has 0 N–H and O–H groups in total. The Labute approximate surface area is 124 Å². The van der Waals surface area contributed by atoms with Crippen molar-refractivity contribution in [2.75, 3.05) is 13.1 Å². The van der Waals surface area contributed by atoms with Gasteiger partial charge < -0.3 is 4.90 Å². The molecule has 2 heterocycles. The molecule has 8 heteroatoms. The van der Waals surface area contributed by atoms with E-state index in [0.717, 1.165) is 11.3 Å². The van der Waals surface area contributed by atoms with Crippen LogP contribution in [0.2, 0.25) is 0 Å². The first-order valence-electron chi connectivity index (χ1n) is 6.72. The van der Waals surface area contributed by atoms with Crippen molar-refractivity contribution < 1.29 is 18.0 Å². The number of carbonyl (C=O) groups excluding carboxylic acids is 1. The molecule has 1 aliphatic heterocycles. The lowest BCUT2D eigenvalue weighted by molar-refractivity contribution is -0.209. The lowest BCUT2D eigenvalue weighted by Gasteiger charge is -2.40. The Bertz CT molecular complexity index is 646. The molecule has 0 aliphatic carbocycles. The SMILES string of the molecule is O=C(Cc1ccc(-n2cnnc2)cc1)N1CC(C(F)(F)F)C1. The molecule has 1 aromatic heterocycles. The Kier molecular flexibility index (Phi) is 3.59. The Morgan fingerprint density at radius 1 is 1.14 bits per heavy atom. The summed E-state index contributed by atoms with van der Waals surface area (Å²) in [6, 6.07) is 7.16. The highest BCUT2D eigenvalue weighted by atomic mass is 19.4. The summed E-state index contributed by atoms with van der Waals surface area (Å²) >= 11 is 0. The van der Waals surface area contributed by atoms with Crippen LogP contribution in [-0.2, 0) is 11.2 Å². The zero-order valence-corrected chi connectivity index (χ0v) is 11.5. The first kappa shape index (κ1) is 14.6. The molecule has 1 fully saturated rings. The number of likely N-dealkylation sites (tertiary alicyclic amines) is 1. The Balaban J connectivity index is 1.57. The summed E-state index contributed by atoms with van der Waals surface area (Å²) in [5.74, 6) is -1.66. The molecule has 1 amide bonds. The van der Waals surface area contributed by atoms with Crippen molar-refractivity contribution >= 4 is 5.91 Å². The fourth-order valence-corrected chi connectivity index (χ4v) is 2.30. The summed E-state index contributed by atoms with van der Waals surface area (Å²) in [4.78, 5) is 13.2. The third kappa shape index (κ3) is 2.95. The normalized spacial score (nSPS) is 15.7. The smallest absolute Gasteiger partial charge is 0.341 e. The molecule has 116 valence electrons. The molecular formula is C14H13F3N4O. The summed E-state index contributed by atoms with van der Waals surface area (Å²) < 4.78 is 38.9. The summed E-state index contributed by atoms with van der Waals surface area (Å²) in [5.41, 5.74) is 1.61. The molecule has 0 unspecified atom stereocenters. The minimum absolute atomic E-state index is 0.104. The number of amides is 1. The third-order valence-corrected chi connectivity index (χ3v) is 3.71. The summed E-state index contributed by atoms with van der Waals surface area (Å²) in [5, 5.41) is 7.40. The lowest BCUT2D eigenvalue weighted by Crippen LogP contribution is -2.55. The second kappa shape index (κ2) is 5.43. The molecule has 22 heavy (non-hydrogen) atoms. The van der Waals surface area contributed by atoms with Gasteiger partial charge in [0.2, 0.25) is 5.91 Å². The fourth-order valence-electron chi connectivity index (χ4n) is 2.30. The van der Waals surface area contributed by atoms with Gasteiger partial charge in [0.1, 0.15) is 12.7 Å². The number of rotatable bonds is 3. The number of alkyl halides is 3. The van der Waals surface area contributed by atoms with Gasteiger partial charge in [-0.2, -0.15) is 13.2 Å². The van der Waals surface area contributed by atoms with Gasteiger partial charge in [-0.25, -0.2) is 0 Å². The number of benzene rings is 1. The van der Waals surface area contributed by atoms with Gasteiger partial charge in [0, 0.05) is 18.8 Å². The van der Waals surface area contributed by atoms with Gasteiger partial charge >= 0.3 is 6.18 Å². The maximum Gasteiger partial charge on any atom is 0.395 e. The van der Waals surface area contributed by atoms with Crippen LogP contribution >= 0.6 is 0 Å². The minimum Gasteiger partial charge on any atom is -0.341 e. The van der Waals surface area contributed by atoms with Crippen molar-refractivity contribution in [1.82, 2.24) is 19.7 Å². The van der Waals surface area contributed by atoms with E-state index in [4.69, 9.17) is 0 Å². The zero-order chi connectivity index (χ0) is 15.7. The van der Waals surface area contributed by atoms with Gasteiger partial charge in [0.05, 0.1) is 12.3 Å². The highest BCUT2D eigenvalue weighted by molar-refractivity contribution is 5.79. The van der Waals surface area contributed by atoms with Crippen LogP contribution in [0.25, 0.3) is 5.69 Å². The maximum atomic E-state index is 12.4. The zero-order valence-electron chi connectivity index (χ0n) is 11.5. The summed E-state index contributed by atoms with van der Waals surface area (Å²) in [6.45, 7) is -0.470. The van der Waals surface area contributed by atoms with Gasteiger partial charge in [-0.1, -0.05) is 12.1 Å². The number of carbonyl (C=O) groups is 1. The molecule has 1 aliphatic rings. The van der Waals surface area contributed by atoms with Gasteiger partial charge in [0.25, 0.3) is 0 Å². The van der Waals surface area contributed by atoms with Crippen molar-refractivity contribution in [1.29, 1.82) is 0 Å². The molecule has 0 saturated carbocycles. The predicted molar refractivity (Wildman–Crippen MR) is 71.2 cm³/mol. The highest BCUT2D eigenvalue weighted by Gasteiger charge is 2.48. The second-order valence-corrected chi connectivity index (χ2v) is 5.25. The van der Waals surface area contributed by atoms with E-state index in [0.29, 0.717) is 0 Å². The van der Waals surface area contributed by atoms with Gasteiger partial charge in [-0.05, 0) is 17.7 Å². The van der Waals surface area contributed by atoms with Crippen LogP contribution in [0.3, 0.4) is 0 Å². The van der Waals surface area contributed by atoms with Gasteiger partial charge in [-0.3, -0.25) is 9.36 Å². The van der Waals surface area contributed by atoms with E-state index in [1.165, 1.54) is 4.90 Å². The van der Waals surface area contributed by atoms with Crippen LogP contribution in [0.4, 0.5) is 13.2 Å². The van der Waals surface area contributed by atoms with E-state index < -0.39 is 12.1 Å². The van der Waals surface area contributed by atoms with Crippen molar-refractivity contribution in [3.05, 3.63) is 42.5 Å². The van der Waals surface area contributed by atoms with E-state index in [-0.39, 0.29) is 25.4 Å². The Morgan fingerprint density at radius 2 is 1.73 bits per heavy atom. The van der Waals surface area contributed by atoms with Crippen LogP contribution in [0.1, 0.15) is 5.56 Å².